The summed E-state index contributed by atoms with van der Waals surface area (Å²) in [4.78, 5) is 25.6. The molecule has 0 rings (SSSR count). The Bertz CT molecular complexity index is 62.2. The molecule has 8 heavy (non-hydrogen) atoms. The van der Waals surface area contributed by atoms with E-state index in [2.05, 4.69) is 0 Å². The predicted molar refractivity (Wildman–Crippen MR) is 7.61 cm³/mol. The van der Waals surface area contributed by atoms with E-state index < -0.39 is 7.82 Å². The maximum Gasteiger partial charge on any atom is 1.00 e. The summed E-state index contributed by atoms with van der Waals surface area (Å²) in [5, 5.41) is 0. The molecule has 1 radical (unpaired) electrons. The van der Waals surface area contributed by atoms with Crippen LogP contribution in [0.15, 0.2) is 0 Å². The fourth-order valence-corrected chi connectivity index (χ4v) is 0. The molecule has 0 aliphatic heterocycles. The average Bonchev–Trinajstić information content (AvgIpc) is 0.722. The molecule has 0 aliphatic carbocycles. The maximum atomic E-state index is 8.55. The first-order chi connectivity index (χ1) is 2.00. The molecule has 0 aromatic rings. The molecule has 8 heteroatoms. The van der Waals surface area contributed by atoms with Crippen LogP contribution in [0.2, 0.25) is 0 Å². The summed E-state index contributed by atoms with van der Waals surface area (Å²) < 4.78 is 8.55. The van der Waals surface area contributed by atoms with E-state index in [-0.39, 0.29) is 52.8 Å². The van der Waals surface area contributed by atoms with Crippen molar-refractivity contribution in [2.24, 2.45) is 0 Å². The third-order valence-corrected chi connectivity index (χ3v) is 0. The van der Waals surface area contributed by atoms with Gasteiger partial charge in [0.05, 0.1) is 0 Å². The molecule has 45 valence electrons. The van der Waals surface area contributed by atoms with Gasteiger partial charge in [-0.1, -0.05) is 0 Å². The minimum Gasteiger partial charge on any atom is -1.00 e. The van der Waals surface area contributed by atoms with E-state index in [1.807, 2.05) is 0 Å². The molecule has 0 unspecified atom stereocenters. The van der Waals surface area contributed by atoms with Gasteiger partial charge in [0.25, 0.3) is 0 Å². The fraction of sp³-hybridized carbons (Fsp3) is 0. The van der Waals surface area contributed by atoms with Crippen molar-refractivity contribution in [2.75, 3.05) is 0 Å². The van der Waals surface area contributed by atoms with Crippen LogP contribution in [0.1, 0.15) is 0 Å². The van der Waals surface area contributed by atoms with Gasteiger partial charge in [0.2, 0.25) is 0 Å². The summed E-state index contributed by atoms with van der Waals surface area (Å²) in [6.45, 7) is 0. The molecule has 0 aliphatic rings. The second kappa shape index (κ2) is 8.62. The Labute approximate surface area is 79.5 Å². The van der Waals surface area contributed by atoms with E-state index in [1.165, 1.54) is 0 Å². The molecule has 0 saturated carbocycles. The molecule has 0 heterocycles. The quantitative estimate of drug-likeness (QED) is 0.279. The van der Waals surface area contributed by atoms with E-state index in [0.29, 0.717) is 0 Å². The Hall–Kier alpha value is 1.62. The Kier molecular flexibility index (Phi) is 24.4. The van der Waals surface area contributed by atoms with Crippen LogP contribution in [-0.2, 0) is 23.1 Å². The van der Waals surface area contributed by atoms with Crippen molar-refractivity contribution < 1.29 is 72.1 Å². The van der Waals surface area contributed by atoms with Gasteiger partial charge in [0.15, 0.2) is 0 Å². The van der Waals surface area contributed by atoms with Gasteiger partial charge in [-0.25, -0.2) is 0 Å². The third-order valence-electron chi connectivity index (χ3n) is 0. The molecule has 0 atom stereocenters. The number of hydrogen-bond acceptors (Lipinski definition) is 4. The summed E-state index contributed by atoms with van der Waals surface area (Å²) in [5.41, 5.74) is 0. The topological polar surface area (TPSA) is 86.2 Å². The molecular weight excluding hydrogens is 188 g/mol. The number of phosphoric acid groups is 1. The zero-order chi connectivity index (χ0) is 4.50. The Morgan fingerprint density at radius 1 is 1.12 bits per heavy atom. The van der Waals surface area contributed by atoms with Gasteiger partial charge < -0.3 is 23.9 Å². The molecule has 0 N–H and O–H groups in total. The van der Waals surface area contributed by atoms with Crippen molar-refractivity contribution in [3.05, 3.63) is 0 Å². The van der Waals surface area contributed by atoms with Crippen LogP contribution in [-0.4, -0.2) is 0 Å². The minimum atomic E-state index is -5.39. The van der Waals surface area contributed by atoms with Crippen molar-refractivity contribution in [3.8, 4) is 0 Å². The van der Waals surface area contributed by atoms with E-state index in [0.717, 1.165) is 0 Å². The Morgan fingerprint density at radius 3 is 1.12 bits per heavy atom. The number of hydrogen-bond donors (Lipinski definition) is 0. The molecular formula is FNaO4PV-3. The van der Waals surface area contributed by atoms with Crippen LogP contribution in [0.5, 0.6) is 0 Å². The standard InChI is InChI=1S/FH.Na.H3O4P.V/c;;1-5(2,3)4;/h1H;;(H3,1,2,3,4);/q;+1;;/p-4. The van der Waals surface area contributed by atoms with Crippen molar-refractivity contribution >= 4 is 7.82 Å². The van der Waals surface area contributed by atoms with Crippen molar-refractivity contribution in [2.45, 2.75) is 0 Å². The zero-order valence-electron chi connectivity index (χ0n) is 3.91. The summed E-state index contributed by atoms with van der Waals surface area (Å²) in [7, 11) is -5.39. The average molecular weight is 188 g/mol. The second-order valence-electron chi connectivity index (χ2n) is 0.447. The molecule has 4 nitrogen and oxygen atoms in total. The Morgan fingerprint density at radius 2 is 1.12 bits per heavy atom. The first kappa shape index (κ1) is 22.6. The maximum absolute atomic E-state index is 8.55. The predicted octanol–water partition coefficient (Wildman–Crippen LogP) is -8.82. The first-order valence-corrected chi connectivity index (χ1v) is 2.19. The van der Waals surface area contributed by atoms with Crippen LogP contribution in [0, 0.1) is 0 Å². The molecule has 0 aromatic heterocycles. The molecule has 0 spiro atoms. The van der Waals surface area contributed by atoms with Crippen molar-refractivity contribution in [1.82, 2.24) is 0 Å². The third kappa shape index (κ3) is 127. The number of rotatable bonds is 0. The normalized spacial score (nSPS) is 7.38. The molecule has 0 saturated heterocycles. The van der Waals surface area contributed by atoms with E-state index >= 15 is 0 Å². The SMILES string of the molecule is O=P([O-])([O-])[O-].[F-].[Na+].[V]. The van der Waals surface area contributed by atoms with Crippen LogP contribution in [0.3, 0.4) is 0 Å². The van der Waals surface area contributed by atoms with Crippen LogP contribution in [0.4, 0.5) is 0 Å². The largest absolute Gasteiger partial charge is 1.00 e. The van der Waals surface area contributed by atoms with Crippen molar-refractivity contribution in [3.63, 3.8) is 0 Å². The van der Waals surface area contributed by atoms with Gasteiger partial charge in [-0.2, -0.15) is 7.82 Å². The van der Waals surface area contributed by atoms with Crippen molar-refractivity contribution in [1.29, 1.82) is 0 Å². The molecule has 0 bridgehead atoms. The monoisotopic (exact) mass is 188 g/mol. The first-order valence-electron chi connectivity index (χ1n) is 0.730. The summed E-state index contributed by atoms with van der Waals surface area (Å²) >= 11 is 0. The smallest absolute Gasteiger partial charge is 1.00 e. The Balaban J connectivity index is -0.0000000267. The molecule has 0 amide bonds. The fourth-order valence-electron chi connectivity index (χ4n) is 0. The van der Waals surface area contributed by atoms with Gasteiger partial charge in [-0.05, 0) is 0 Å². The molecule has 0 fully saturated rings. The van der Waals surface area contributed by atoms with Crippen LogP contribution < -0.4 is 48.9 Å². The molecule has 0 aromatic carbocycles. The van der Waals surface area contributed by atoms with Gasteiger partial charge in [-0.15, -0.1) is 0 Å². The minimum absolute atomic E-state index is 0. The van der Waals surface area contributed by atoms with Gasteiger partial charge in [-0.3, -0.25) is 0 Å². The second-order valence-corrected chi connectivity index (χ2v) is 1.34. The summed E-state index contributed by atoms with van der Waals surface area (Å²) in [5.74, 6) is 0. The summed E-state index contributed by atoms with van der Waals surface area (Å²) in [6.07, 6.45) is 0. The van der Waals surface area contributed by atoms with Gasteiger partial charge >= 0.3 is 29.6 Å². The number of halogens is 1. The van der Waals surface area contributed by atoms with E-state index in [1.54, 1.807) is 0 Å². The van der Waals surface area contributed by atoms with Gasteiger partial charge in [0.1, 0.15) is 0 Å². The van der Waals surface area contributed by atoms with E-state index in [4.69, 9.17) is 19.2 Å². The zero-order valence-corrected chi connectivity index (χ0v) is 8.20. The summed E-state index contributed by atoms with van der Waals surface area (Å²) in [6, 6.07) is 0. The van der Waals surface area contributed by atoms with Crippen LogP contribution >= 0.6 is 7.82 Å². The van der Waals surface area contributed by atoms with Crippen LogP contribution in [0.25, 0.3) is 0 Å². The van der Waals surface area contributed by atoms with Gasteiger partial charge in [0, 0.05) is 18.6 Å². The van der Waals surface area contributed by atoms with E-state index in [9.17, 15) is 0 Å².